The van der Waals surface area contributed by atoms with Gasteiger partial charge in [-0.05, 0) is 49.4 Å². The molecular weight excluding hydrogens is 316 g/mol. The highest BCUT2D eigenvalue weighted by Gasteiger charge is 2.39. The molecule has 1 saturated heterocycles. The molecule has 1 amide bonds. The molecule has 1 saturated carbocycles. The molecule has 7 heteroatoms. The van der Waals surface area contributed by atoms with Crippen molar-refractivity contribution in [3.8, 4) is 5.75 Å². The second kappa shape index (κ2) is 6.13. The third-order valence-corrected chi connectivity index (χ3v) is 6.04. The third kappa shape index (κ3) is 3.50. The van der Waals surface area contributed by atoms with Crippen molar-refractivity contribution in [2.75, 3.05) is 20.2 Å². The molecular formula is C16H22N2O4S. The average Bonchev–Trinajstić information content (AvgIpc) is 3.28. The maximum Gasteiger partial charge on any atom is 0.240 e. The molecule has 1 N–H and O–H groups in total. The number of rotatable bonds is 6. The van der Waals surface area contributed by atoms with Crippen LogP contribution in [0.2, 0.25) is 0 Å². The van der Waals surface area contributed by atoms with E-state index in [0.29, 0.717) is 36.9 Å². The number of ether oxygens (including phenoxy) is 1. The molecule has 0 radical (unpaired) electrons. The molecule has 2 fully saturated rings. The number of hydrogen-bond donors (Lipinski definition) is 1. The highest BCUT2D eigenvalue weighted by molar-refractivity contribution is 7.89. The Labute approximate surface area is 136 Å². The van der Waals surface area contributed by atoms with Crippen LogP contribution in [0.25, 0.3) is 0 Å². The maximum absolute atomic E-state index is 12.5. The van der Waals surface area contributed by atoms with Crippen molar-refractivity contribution >= 4 is 15.9 Å². The molecule has 1 atom stereocenters. The van der Waals surface area contributed by atoms with Gasteiger partial charge in [-0.3, -0.25) is 4.79 Å². The molecule has 0 aromatic heterocycles. The molecule has 1 aliphatic heterocycles. The highest BCUT2D eigenvalue weighted by atomic mass is 32.2. The zero-order valence-electron chi connectivity index (χ0n) is 13.4. The summed E-state index contributed by atoms with van der Waals surface area (Å²) in [5.74, 6) is 0.830. The van der Waals surface area contributed by atoms with Crippen LogP contribution in [0.5, 0.6) is 5.75 Å². The van der Waals surface area contributed by atoms with Crippen LogP contribution in [0, 0.1) is 12.8 Å². The predicted molar refractivity (Wildman–Crippen MR) is 85.8 cm³/mol. The van der Waals surface area contributed by atoms with Crippen LogP contribution in [0.3, 0.4) is 0 Å². The minimum Gasteiger partial charge on any atom is -0.497 e. The van der Waals surface area contributed by atoms with Crippen molar-refractivity contribution in [3.63, 3.8) is 0 Å². The third-order valence-electron chi connectivity index (χ3n) is 4.46. The molecule has 23 heavy (non-hydrogen) atoms. The van der Waals surface area contributed by atoms with E-state index in [1.54, 1.807) is 32.2 Å². The second-order valence-electron chi connectivity index (χ2n) is 6.33. The van der Waals surface area contributed by atoms with Gasteiger partial charge in [-0.1, -0.05) is 0 Å². The summed E-state index contributed by atoms with van der Waals surface area (Å²) >= 11 is 0. The van der Waals surface area contributed by atoms with Gasteiger partial charge >= 0.3 is 0 Å². The summed E-state index contributed by atoms with van der Waals surface area (Å²) in [5.41, 5.74) is 0.638. The quantitative estimate of drug-likeness (QED) is 0.848. The van der Waals surface area contributed by atoms with Gasteiger partial charge in [0.1, 0.15) is 5.75 Å². The Bertz CT molecular complexity index is 713. The van der Waals surface area contributed by atoms with E-state index in [2.05, 4.69) is 4.72 Å². The van der Waals surface area contributed by atoms with Crippen LogP contribution in [-0.2, 0) is 14.8 Å². The molecule has 1 aromatic rings. The van der Waals surface area contributed by atoms with Crippen molar-refractivity contribution < 1.29 is 17.9 Å². The van der Waals surface area contributed by atoms with E-state index in [0.717, 1.165) is 12.8 Å². The van der Waals surface area contributed by atoms with Crippen molar-refractivity contribution in [2.45, 2.75) is 37.1 Å². The van der Waals surface area contributed by atoms with E-state index < -0.39 is 10.0 Å². The fourth-order valence-corrected chi connectivity index (χ4v) is 4.38. The molecule has 1 heterocycles. The van der Waals surface area contributed by atoms with Crippen LogP contribution < -0.4 is 9.46 Å². The van der Waals surface area contributed by atoms with Gasteiger partial charge in [0.2, 0.25) is 15.9 Å². The largest absolute Gasteiger partial charge is 0.497 e. The number of nitrogens with zero attached hydrogens (tertiary/aromatic N) is 1. The lowest BCUT2D eigenvalue weighted by atomic mass is 10.1. The first-order valence-corrected chi connectivity index (χ1v) is 9.33. The number of sulfonamides is 1. The van der Waals surface area contributed by atoms with Gasteiger partial charge < -0.3 is 9.64 Å². The summed E-state index contributed by atoms with van der Waals surface area (Å²) < 4.78 is 32.7. The highest BCUT2D eigenvalue weighted by Crippen LogP contribution is 2.32. The molecule has 3 rings (SSSR count). The number of nitrogens with one attached hydrogen (secondary N) is 1. The number of likely N-dealkylation sites (tertiary alicyclic amines) is 1. The van der Waals surface area contributed by atoms with E-state index in [1.165, 1.54) is 0 Å². The first-order chi connectivity index (χ1) is 10.9. The molecule has 0 bridgehead atoms. The number of carbonyl (C=O) groups is 1. The number of benzene rings is 1. The van der Waals surface area contributed by atoms with Gasteiger partial charge in [-0.25, -0.2) is 13.1 Å². The number of hydrogen-bond acceptors (Lipinski definition) is 4. The summed E-state index contributed by atoms with van der Waals surface area (Å²) in [4.78, 5) is 14.1. The van der Waals surface area contributed by atoms with Crippen molar-refractivity contribution in [3.05, 3.63) is 23.8 Å². The first-order valence-electron chi connectivity index (χ1n) is 7.84. The van der Waals surface area contributed by atoms with Crippen LogP contribution >= 0.6 is 0 Å². The molecule has 0 spiro atoms. The summed E-state index contributed by atoms with van der Waals surface area (Å²) in [6.07, 6.45) is 2.59. The zero-order chi connectivity index (χ0) is 16.6. The minimum absolute atomic E-state index is 0.0522. The van der Waals surface area contributed by atoms with E-state index in [4.69, 9.17) is 4.74 Å². The Morgan fingerprint density at radius 1 is 1.35 bits per heavy atom. The Morgan fingerprint density at radius 2 is 2.09 bits per heavy atom. The lowest BCUT2D eigenvalue weighted by molar-refractivity contribution is -0.128. The van der Waals surface area contributed by atoms with Crippen LogP contribution in [0.15, 0.2) is 23.1 Å². The van der Waals surface area contributed by atoms with Crippen LogP contribution in [0.4, 0.5) is 0 Å². The summed E-state index contributed by atoms with van der Waals surface area (Å²) in [7, 11) is -2.03. The topological polar surface area (TPSA) is 75.7 Å². The summed E-state index contributed by atoms with van der Waals surface area (Å²) in [6, 6.07) is 5.28. The number of aryl methyl sites for hydroxylation is 1. The van der Waals surface area contributed by atoms with Gasteiger partial charge in [0.15, 0.2) is 0 Å². The zero-order valence-corrected chi connectivity index (χ0v) is 14.2. The fourth-order valence-electron chi connectivity index (χ4n) is 3.04. The average molecular weight is 338 g/mol. The number of carbonyl (C=O) groups excluding carboxylic acids is 1. The van der Waals surface area contributed by atoms with Crippen LogP contribution in [-0.4, -0.2) is 45.5 Å². The Hall–Kier alpha value is -1.60. The Morgan fingerprint density at radius 3 is 2.70 bits per heavy atom. The maximum atomic E-state index is 12.5. The van der Waals surface area contributed by atoms with E-state index >= 15 is 0 Å². The van der Waals surface area contributed by atoms with E-state index in [9.17, 15) is 13.2 Å². The van der Waals surface area contributed by atoms with Gasteiger partial charge in [-0.2, -0.15) is 0 Å². The van der Waals surface area contributed by atoms with Crippen molar-refractivity contribution in [1.29, 1.82) is 0 Å². The number of amides is 1. The van der Waals surface area contributed by atoms with E-state index in [-0.39, 0.29) is 16.7 Å². The number of methoxy groups -OCH3 is 1. The van der Waals surface area contributed by atoms with Gasteiger partial charge in [-0.15, -0.1) is 0 Å². The van der Waals surface area contributed by atoms with E-state index in [1.807, 2.05) is 4.90 Å². The SMILES string of the molecule is COc1ccc(S(=O)(=O)NCC2CC(=O)N(C3CC3)C2)c(C)c1. The minimum atomic E-state index is -3.58. The summed E-state index contributed by atoms with van der Waals surface area (Å²) in [6.45, 7) is 2.70. The predicted octanol–water partition coefficient (Wildman–Crippen LogP) is 1.29. The van der Waals surface area contributed by atoms with Gasteiger partial charge in [0, 0.05) is 25.6 Å². The second-order valence-corrected chi connectivity index (χ2v) is 8.07. The molecule has 6 nitrogen and oxygen atoms in total. The van der Waals surface area contributed by atoms with Crippen molar-refractivity contribution in [2.24, 2.45) is 5.92 Å². The molecule has 126 valence electrons. The molecule has 2 aliphatic rings. The molecule has 1 aliphatic carbocycles. The lowest BCUT2D eigenvalue weighted by Gasteiger charge is -2.16. The smallest absolute Gasteiger partial charge is 0.240 e. The first kappa shape index (κ1) is 16.3. The molecule has 1 unspecified atom stereocenters. The fraction of sp³-hybridized carbons (Fsp3) is 0.562. The van der Waals surface area contributed by atoms with Gasteiger partial charge in [0.05, 0.1) is 12.0 Å². The Balaban J connectivity index is 1.64. The summed E-state index contributed by atoms with van der Waals surface area (Å²) in [5, 5.41) is 0. The van der Waals surface area contributed by atoms with Crippen molar-refractivity contribution in [1.82, 2.24) is 9.62 Å². The Kier molecular flexibility index (Phi) is 4.33. The lowest BCUT2D eigenvalue weighted by Crippen LogP contribution is -2.32. The normalized spacial score (nSPS) is 21.7. The van der Waals surface area contributed by atoms with Gasteiger partial charge in [0.25, 0.3) is 0 Å². The van der Waals surface area contributed by atoms with Crippen LogP contribution in [0.1, 0.15) is 24.8 Å². The standard InChI is InChI=1S/C16H22N2O4S/c1-11-7-14(22-2)5-6-15(11)23(20,21)17-9-12-8-16(19)18(10-12)13-3-4-13/h5-7,12-13,17H,3-4,8-10H2,1-2H3. The monoisotopic (exact) mass is 338 g/mol. The molecule has 1 aromatic carbocycles.